The number of Topliss-reactive ketones (excluding diaryl/α,β-unsaturated/α-hetero) is 1. The second kappa shape index (κ2) is 8.16. The molecule has 0 spiro atoms. The van der Waals surface area contributed by atoms with Crippen LogP contribution in [0.1, 0.15) is 22.8 Å². The Bertz CT molecular complexity index is 877. The van der Waals surface area contributed by atoms with Crippen molar-refractivity contribution < 1.29 is 19.2 Å². The SMILES string of the molecule is CC(=O)c1ccc(NC(=S)N2CC[NH+](Cc3ccc4c(c3)OCO4)CC2)cc1. The van der Waals surface area contributed by atoms with Gasteiger partial charge in [0, 0.05) is 16.8 Å². The first kappa shape index (κ1) is 18.7. The highest BCUT2D eigenvalue weighted by atomic mass is 32.1. The number of hydrogen-bond donors (Lipinski definition) is 2. The highest BCUT2D eigenvalue weighted by Gasteiger charge is 2.23. The molecule has 28 heavy (non-hydrogen) atoms. The van der Waals surface area contributed by atoms with Gasteiger partial charge >= 0.3 is 0 Å². The Kier molecular flexibility index (Phi) is 5.45. The number of ether oxygens (including phenoxy) is 2. The molecule has 0 saturated carbocycles. The molecule has 7 heteroatoms. The van der Waals surface area contributed by atoms with Crippen LogP contribution < -0.4 is 19.7 Å². The van der Waals surface area contributed by atoms with Crippen LogP contribution in [-0.4, -0.2) is 48.8 Å². The van der Waals surface area contributed by atoms with Gasteiger partial charge in [-0.05, 0) is 61.6 Å². The molecule has 146 valence electrons. The lowest BCUT2D eigenvalue weighted by Gasteiger charge is -2.34. The highest BCUT2D eigenvalue weighted by Crippen LogP contribution is 2.32. The topological polar surface area (TPSA) is 55.2 Å². The van der Waals surface area contributed by atoms with Gasteiger partial charge in [-0.1, -0.05) is 0 Å². The van der Waals surface area contributed by atoms with E-state index in [1.54, 1.807) is 6.92 Å². The zero-order chi connectivity index (χ0) is 19.5. The Morgan fingerprint density at radius 1 is 1.11 bits per heavy atom. The van der Waals surface area contributed by atoms with Gasteiger partial charge < -0.3 is 24.6 Å². The number of fused-ring (bicyclic) bond motifs is 1. The zero-order valence-electron chi connectivity index (χ0n) is 15.9. The van der Waals surface area contributed by atoms with Crippen LogP contribution in [0.5, 0.6) is 11.5 Å². The van der Waals surface area contributed by atoms with Gasteiger partial charge in [0.1, 0.15) is 6.54 Å². The molecule has 0 aliphatic carbocycles. The minimum absolute atomic E-state index is 0.0654. The van der Waals surface area contributed by atoms with Crippen molar-refractivity contribution in [3.05, 3.63) is 53.6 Å². The van der Waals surface area contributed by atoms with Crippen LogP contribution in [0, 0.1) is 0 Å². The molecule has 2 N–H and O–H groups in total. The zero-order valence-corrected chi connectivity index (χ0v) is 16.7. The van der Waals surface area contributed by atoms with Crippen LogP contribution in [0.15, 0.2) is 42.5 Å². The third-order valence-corrected chi connectivity index (χ3v) is 5.55. The molecule has 2 aromatic carbocycles. The van der Waals surface area contributed by atoms with E-state index in [2.05, 4.69) is 22.3 Å². The first-order valence-electron chi connectivity index (χ1n) is 9.47. The minimum Gasteiger partial charge on any atom is -0.454 e. The first-order valence-corrected chi connectivity index (χ1v) is 9.88. The molecule has 1 saturated heterocycles. The first-order chi connectivity index (χ1) is 13.6. The number of carbonyl (C=O) groups is 1. The summed E-state index contributed by atoms with van der Waals surface area (Å²) in [4.78, 5) is 15.1. The van der Waals surface area contributed by atoms with Crippen LogP contribution in [0.2, 0.25) is 0 Å². The van der Waals surface area contributed by atoms with E-state index in [-0.39, 0.29) is 5.78 Å². The fraction of sp³-hybridized carbons (Fsp3) is 0.333. The number of quaternary nitrogens is 1. The number of hydrogen-bond acceptors (Lipinski definition) is 4. The van der Waals surface area contributed by atoms with Gasteiger partial charge in [-0.2, -0.15) is 0 Å². The number of rotatable bonds is 4. The van der Waals surface area contributed by atoms with E-state index < -0.39 is 0 Å². The summed E-state index contributed by atoms with van der Waals surface area (Å²) in [6, 6.07) is 13.6. The van der Waals surface area contributed by atoms with Crippen LogP contribution in [0.3, 0.4) is 0 Å². The van der Waals surface area contributed by atoms with Crippen molar-refractivity contribution in [3.8, 4) is 11.5 Å². The van der Waals surface area contributed by atoms with Crippen LogP contribution >= 0.6 is 12.2 Å². The van der Waals surface area contributed by atoms with Gasteiger partial charge in [0.05, 0.1) is 26.2 Å². The second-order valence-corrected chi connectivity index (χ2v) is 7.55. The number of nitrogens with zero attached hydrogens (tertiary/aromatic N) is 1. The van der Waals surface area contributed by atoms with Gasteiger partial charge in [0.15, 0.2) is 22.4 Å². The molecule has 6 nitrogen and oxygen atoms in total. The second-order valence-electron chi connectivity index (χ2n) is 7.17. The molecule has 0 bridgehead atoms. The average molecular weight is 399 g/mol. The van der Waals surface area contributed by atoms with Crippen LogP contribution in [-0.2, 0) is 6.54 Å². The monoisotopic (exact) mass is 398 g/mol. The maximum absolute atomic E-state index is 11.4. The Hall–Kier alpha value is -2.64. The number of carbonyl (C=O) groups excluding carboxylic acids is 1. The van der Waals surface area contributed by atoms with E-state index in [0.29, 0.717) is 12.4 Å². The molecule has 0 amide bonds. The summed E-state index contributed by atoms with van der Waals surface area (Å²) < 4.78 is 10.8. The molecule has 0 radical (unpaired) electrons. The molecule has 2 aliphatic heterocycles. The molecule has 2 heterocycles. The van der Waals surface area contributed by atoms with E-state index in [1.165, 1.54) is 10.5 Å². The number of thiocarbonyl (C=S) groups is 1. The van der Waals surface area contributed by atoms with Crippen LogP contribution in [0.4, 0.5) is 5.69 Å². The smallest absolute Gasteiger partial charge is 0.231 e. The molecule has 1 fully saturated rings. The van der Waals surface area contributed by atoms with Gasteiger partial charge in [-0.15, -0.1) is 0 Å². The predicted molar refractivity (Wildman–Crippen MR) is 111 cm³/mol. The number of nitrogens with one attached hydrogen (secondary N) is 2. The van der Waals surface area contributed by atoms with Crippen molar-refractivity contribution in [2.75, 3.05) is 38.3 Å². The lowest BCUT2D eigenvalue weighted by molar-refractivity contribution is -0.917. The molecule has 0 aromatic heterocycles. The predicted octanol–water partition coefficient (Wildman–Crippen LogP) is 1.72. The summed E-state index contributed by atoms with van der Waals surface area (Å²) in [6.07, 6.45) is 0. The standard InChI is InChI=1S/C21H23N3O3S/c1-15(25)17-3-5-18(6-4-17)22-21(28)24-10-8-23(9-11-24)13-16-2-7-19-20(12-16)27-14-26-19/h2-7,12H,8-11,13-14H2,1H3,(H,22,28)/p+1. The van der Waals surface area contributed by atoms with Gasteiger partial charge in [0.2, 0.25) is 6.79 Å². The Balaban J connectivity index is 1.27. The van der Waals surface area contributed by atoms with Crippen LogP contribution in [0.25, 0.3) is 0 Å². The van der Waals surface area contributed by atoms with E-state index in [9.17, 15) is 4.79 Å². The quantitative estimate of drug-likeness (QED) is 0.604. The molecule has 0 atom stereocenters. The number of anilines is 1. The Labute approximate surface area is 170 Å². The molecule has 4 rings (SSSR count). The third kappa shape index (κ3) is 4.26. The summed E-state index contributed by atoms with van der Waals surface area (Å²) in [5.41, 5.74) is 2.88. The Morgan fingerprint density at radius 3 is 2.54 bits per heavy atom. The molecule has 2 aliphatic rings. The van der Waals surface area contributed by atoms with E-state index in [4.69, 9.17) is 21.7 Å². The van der Waals surface area contributed by atoms with Crippen molar-refractivity contribution in [2.24, 2.45) is 0 Å². The molecular formula is C21H24N3O3S+. The van der Waals surface area contributed by atoms with E-state index >= 15 is 0 Å². The maximum Gasteiger partial charge on any atom is 0.231 e. The number of benzene rings is 2. The summed E-state index contributed by atoms with van der Waals surface area (Å²) in [5.74, 6) is 1.74. The lowest BCUT2D eigenvalue weighted by atomic mass is 10.1. The summed E-state index contributed by atoms with van der Waals surface area (Å²) in [6.45, 7) is 6.73. The summed E-state index contributed by atoms with van der Waals surface area (Å²) in [7, 11) is 0. The Morgan fingerprint density at radius 2 is 1.82 bits per heavy atom. The van der Waals surface area contributed by atoms with Gasteiger partial charge in [-0.3, -0.25) is 4.79 Å². The molecule has 0 unspecified atom stereocenters. The van der Waals surface area contributed by atoms with Crippen molar-refractivity contribution >= 4 is 28.8 Å². The van der Waals surface area contributed by atoms with Crippen molar-refractivity contribution in [3.63, 3.8) is 0 Å². The maximum atomic E-state index is 11.4. The summed E-state index contributed by atoms with van der Waals surface area (Å²) in [5, 5.41) is 4.01. The number of ketones is 1. The average Bonchev–Trinajstić information content (AvgIpc) is 3.17. The fourth-order valence-corrected chi connectivity index (χ4v) is 3.83. The van der Waals surface area contributed by atoms with Crippen molar-refractivity contribution in [1.29, 1.82) is 0 Å². The fourth-order valence-electron chi connectivity index (χ4n) is 3.53. The van der Waals surface area contributed by atoms with Crippen molar-refractivity contribution in [1.82, 2.24) is 4.90 Å². The van der Waals surface area contributed by atoms with E-state index in [0.717, 1.165) is 55.0 Å². The minimum atomic E-state index is 0.0654. The van der Waals surface area contributed by atoms with Gasteiger partial charge in [0.25, 0.3) is 0 Å². The third-order valence-electron chi connectivity index (χ3n) is 5.19. The molecular weight excluding hydrogens is 374 g/mol. The largest absolute Gasteiger partial charge is 0.454 e. The molecule has 2 aromatic rings. The summed E-state index contributed by atoms with van der Waals surface area (Å²) >= 11 is 5.57. The number of piperazine rings is 1. The lowest BCUT2D eigenvalue weighted by Crippen LogP contribution is -3.13. The highest BCUT2D eigenvalue weighted by molar-refractivity contribution is 7.80. The van der Waals surface area contributed by atoms with E-state index in [1.807, 2.05) is 30.3 Å². The van der Waals surface area contributed by atoms with Crippen molar-refractivity contribution in [2.45, 2.75) is 13.5 Å². The van der Waals surface area contributed by atoms with Gasteiger partial charge in [-0.25, -0.2) is 0 Å². The normalized spacial score (nSPS) is 16.1.